The SMILES string of the molecule is CCc1cc(C(=O)NCc2ncn[nH]2)cs1. The van der Waals surface area contributed by atoms with Crippen molar-refractivity contribution in [1.29, 1.82) is 0 Å². The Kier molecular flexibility index (Phi) is 3.31. The van der Waals surface area contributed by atoms with E-state index in [9.17, 15) is 4.79 Å². The molecule has 0 radical (unpaired) electrons. The predicted molar refractivity (Wildman–Crippen MR) is 61.2 cm³/mol. The van der Waals surface area contributed by atoms with Crippen LogP contribution in [-0.4, -0.2) is 21.1 Å². The van der Waals surface area contributed by atoms with Gasteiger partial charge in [0.15, 0.2) is 0 Å². The number of carbonyl (C=O) groups is 1. The second kappa shape index (κ2) is 4.89. The Balaban J connectivity index is 1.93. The number of rotatable bonds is 4. The van der Waals surface area contributed by atoms with Crippen molar-refractivity contribution in [1.82, 2.24) is 20.5 Å². The molecule has 0 aliphatic rings. The number of nitrogens with one attached hydrogen (secondary N) is 2. The fourth-order valence-corrected chi connectivity index (χ4v) is 2.08. The Labute approximate surface area is 96.9 Å². The molecule has 0 aromatic carbocycles. The molecule has 16 heavy (non-hydrogen) atoms. The van der Waals surface area contributed by atoms with Gasteiger partial charge in [0.05, 0.1) is 12.1 Å². The van der Waals surface area contributed by atoms with Crippen LogP contribution in [0.25, 0.3) is 0 Å². The molecule has 0 spiro atoms. The lowest BCUT2D eigenvalue weighted by molar-refractivity contribution is 0.0950. The summed E-state index contributed by atoms with van der Waals surface area (Å²) < 4.78 is 0. The molecule has 2 heterocycles. The van der Waals surface area contributed by atoms with E-state index in [1.165, 1.54) is 11.2 Å². The smallest absolute Gasteiger partial charge is 0.252 e. The number of aryl methyl sites for hydroxylation is 1. The first kappa shape index (κ1) is 10.8. The Hall–Kier alpha value is -1.69. The molecular formula is C10H12N4OS. The van der Waals surface area contributed by atoms with E-state index in [2.05, 4.69) is 27.4 Å². The molecule has 0 aliphatic carbocycles. The van der Waals surface area contributed by atoms with Gasteiger partial charge in [0.1, 0.15) is 12.2 Å². The van der Waals surface area contributed by atoms with Gasteiger partial charge in [-0.1, -0.05) is 6.92 Å². The maximum Gasteiger partial charge on any atom is 0.252 e. The molecule has 2 aromatic heterocycles. The Morgan fingerprint density at radius 3 is 3.12 bits per heavy atom. The number of aromatic amines is 1. The molecule has 84 valence electrons. The number of nitrogens with zero attached hydrogens (tertiary/aromatic N) is 2. The highest BCUT2D eigenvalue weighted by atomic mass is 32.1. The van der Waals surface area contributed by atoms with Gasteiger partial charge in [0, 0.05) is 10.3 Å². The van der Waals surface area contributed by atoms with Gasteiger partial charge >= 0.3 is 0 Å². The van der Waals surface area contributed by atoms with Gasteiger partial charge in [-0.15, -0.1) is 11.3 Å². The van der Waals surface area contributed by atoms with Gasteiger partial charge in [-0.3, -0.25) is 9.89 Å². The van der Waals surface area contributed by atoms with E-state index in [0.717, 1.165) is 6.42 Å². The van der Waals surface area contributed by atoms with Crippen molar-refractivity contribution in [2.75, 3.05) is 0 Å². The zero-order chi connectivity index (χ0) is 11.4. The van der Waals surface area contributed by atoms with Crippen molar-refractivity contribution >= 4 is 17.2 Å². The highest BCUT2D eigenvalue weighted by Gasteiger charge is 2.08. The number of aromatic nitrogens is 3. The van der Waals surface area contributed by atoms with Gasteiger partial charge in [-0.2, -0.15) is 5.10 Å². The summed E-state index contributed by atoms with van der Waals surface area (Å²) in [5, 5.41) is 11.0. The summed E-state index contributed by atoms with van der Waals surface area (Å²) in [4.78, 5) is 16.8. The quantitative estimate of drug-likeness (QED) is 0.842. The van der Waals surface area contributed by atoms with Crippen LogP contribution in [0.1, 0.15) is 28.0 Å². The second-order valence-electron chi connectivity index (χ2n) is 3.27. The lowest BCUT2D eigenvalue weighted by Crippen LogP contribution is -2.22. The molecule has 2 N–H and O–H groups in total. The largest absolute Gasteiger partial charge is 0.345 e. The molecule has 1 amide bonds. The minimum atomic E-state index is -0.0765. The first-order valence-electron chi connectivity index (χ1n) is 4.99. The number of hydrogen-bond donors (Lipinski definition) is 2. The summed E-state index contributed by atoms with van der Waals surface area (Å²) in [5.74, 6) is 0.576. The third kappa shape index (κ3) is 2.46. The standard InChI is InChI=1S/C10H12N4OS/c1-2-8-3-7(5-16-8)10(15)11-4-9-12-6-13-14-9/h3,5-6H,2,4H2,1H3,(H,11,15)(H,12,13,14). The molecule has 0 bridgehead atoms. The van der Waals surface area contributed by atoms with Crippen LogP contribution in [0.2, 0.25) is 0 Å². The van der Waals surface area contributed by atoms with E-state index >= 15 is 0 Å². The molecule has 0 aliphatic heterocycles. The van der Waals surface area contributed by atoms with E-state index in [-0.39, 0.29) is 5.91 Å². The fraction of sp³-hybridized carbons (Fsp3) is 0.300. The van der Waals surface area contributed by atoms with E-state index in [1.807, 2.05) is 11.4 Å². The third-order valence-corrected chi connectivity index (χ3v) is 3.23. The van der Waals surface area contributed by atoms with Gasteiger partial charge in [0.2, 0.25) is 0 Å². The highest BCUT2D eigenvalue weighted by Crippen LogP contribution is 2.14. The molecule has 0 saturated heterocycles. The van der Waals surface area contributed by atoms with E-state index in [0.29, 0.717) is 17.9 Å². The first-order valence-corrected chi connectivity index (χ1v) is 5.87. The van der Waals surface area contributed by atoms with Crippen LogP contribution in [0.4, 0.5) is 0 Å². The van der Waals surface area contributed by atoms with E-state index < -0.39 is 0 Å². The van der Waals surface area contributed by atoms with Crippen LogP contribution >= 0.6 is 11.3 Å². The van der Waals surface area contributed by atoms with Crippen molar-refractivity contribution in [2.24, 2.45) is 0 Å². The monoisotopic (exact) mass is 236 g/mol. The summed E-state index contributed by atoms with van der Waals surface area (Å²) in [6, 6.07) is 1.92. The van der Waals surface area contributed by atoms with E-state index in [4.69, 9.17) is 0 Å². The molecule has 0 saturated carbocycles. The number of hydrogen-bond acceptors (Lipinski definition) is 4. The average molecular weight is 236 g/mol. The summed E-state index contributed by atoms with van der Waals surface area (Å²) >= 11 is 1.60. The molecule has 2 aromatic rings. The van der Waals surface area contributed by atoms with Gasteiger partial charge in [-0.05, 0) is 12.5 Å². The molecule has 0 unspecified atom stereocenters. The van der Waals surface area contributed by atoms with Crippen molar-refractivity contribution in [2.45, 2.75) is 19.9 Å². The topological polar surface area (TPSA) is 70.7 Å². The number of H-pyrrole nitrogens is 1. The third-order valence-electron chi connectivity index (χ3n) is 2.15. The van der Waals surface area contributed by atoms with Crippen molar-refractivity contribution in [3.8, 4) is 0 Å². The van der Waals surface area contributed by atoms with Crippen LogP contribution in [-0.2, 0) is 13.0 Å². The van der Waals surface area contributed by atoms with Gasteiger partial charge in [0.25, 0.3) is 5.91 Å². The second-order valence-corrected chi connectivity index (χ2v) is 4.27. The van der Waals surface area contributed by atoms with Crippen molar-refractivity contribution < 1.29 is 4.79 Å². The Morgan fingerprint density at radius 1 is 1.62 bits per heavy atom. The normalized spacial score (nSPS) is 10.3. The molecule has 5 nitrogen and oxygen atoms in total. The molecule has 6 heteroatoms. The molecule has 2 rings (SSSR count). The predicted octanol–water partition coefficient (Wildman–Crippen LogP) is 1.36. The van der Waals surface area contributed by atoms with Crippen LogP contribution < -0.4 is 5.32 Å². The summed E-state index contributed by atoms with van der Waals surface area (Å²) in [6.07, 6.45) is 2.38. The Bertz CT molecular complexity index is 463. The maximum atomic E-state index is 11.7. The minimum absolute atomic E-state index is 0.0765. The maximum absolute atomic E-state index is 11.7. The summed E-state index contributed by atoms with van der Waals surface area (Å²) in [6.45, 7) is 2.44. The number of thiophene rings is 1. The minimum Gasteiger partial charge on any atom is -0.345 e. The van der Waals surface area contributed by atoms with Crippen molar-refractivity contribution in [3.05, 3.63) is 34.0 Å². The van der Waals surface area contributed by atoms with Gasteiger partial charge in [-0.25, -0.2) is 4.98 Å². The Morgan fingerprint density at radius 2 is 2.50 bits per heavy atom. The summed E-state index contributed by atoms with van der Waals surface area (Å²) in [5.41, 5.74) is 0.710. The lowest BCUT2D eigenvalue weighted by Gasteiger charge is -1.99. The first-order chi connectivity index (χ1) is 7.79. The highest BCUT2D eigenvalue weighted by molar-refractivity contribution is 7.10. The summed E-state index contributed by atoms with van der Waals surface area (Å²) in [7, 11) is 0. The van der Waals surface area contributed by atoms with Crippen LogP contribution in [0.15, 0.2) is 17.8 Å². The van der Waals surface area contributed by atoms with Crippen LogP contribution in [0.3, 0.4) is 0 Å². The van der Waals surface area contributed by atoms with Crippen LogP contribution in [0, 0.1) is 0 Å². The molecular weight excluding hydrogens is 224 g/mol. The van der Waals surface area contributed by atoms with E-state index in [1.54, 1.807) is 11.3 Å². The zero-order valence-electron chi connectivity index (χ0n) is 8.86. The average Bonchev–Trinajstić information content (AvgIpc) is 2.96. The number of amides is 1. The van der Waals surface area contributed by atoms with Crippen molar-refractivity contribution in [3.63, 3.8) is 0 Å². The fourth-order valence-electron chi connectivity index (χ4n) is 1.27. The van der Waals surface area contributed by atoms with Crippen LogP contribution in [0.5, 0.6) is 0 Å². The lowest BCUT2D eigenvalue weighted by atomic mass is 10.2. The van der Waals surface area contributed by atoms with Gasteiger partial charge < -0.3 is 5.32 Å². The molecule has 0 fully saturated rings. The molecule has 0 atom stereocenters. The zero-order valence-corrected chi connectivity index (χ0v) is 9.67. The number of carbonyl (C=O) groups excluding carboxylic acids is 1.